The number of amides is 1. The Morgan fingerprint density at radius 2 is 1.93 bits per heavy atom. The van der Waals surface area contributed by atoms with Crippen LogP contribution in [0.3, 0.4) is 0 Å². The SMILES string of the molecule is COCCOc1nc2c(c(OC)n1)CN(C(=O)c1cc(C(C)C)c(O)cc1O)CC2. The molecule has 1 aromatic heterocycles. The first-order chi connectivity index (χ1) is 14.3. The predicted molar refractivity (Wildman–Crippen MR) is 108 cm³/mol. The van der Waals surface area contributed by atoms with Gasteiger partial charge in [-0.15, -0.1) is 0 Å². The molecule has 0 saturated carbocycles. The Balaban J connectivity index is 1.86. The van der Waals surface area contributed by atoms with Gasteiger partial charge in [0.2, 0.25) is 5.88 Å². The van der Waals surface area contributed by atoms with Gasteiger partial charge in [0.25, 0.3) is 5.91 Å². The van der Waals surface area contributed by atoms with Gasteiger partial charge in [-0.3, -0.25) is 4.79 Å². The first-order valence-electron chi connectivity index (χ1n) is 9.76. The van der Waals surface area contributed by atoms with Crippen LogP contribution >= 0.6 is 0 Å². The molecule has 9 nitrogen and oxygen atoms in total. The summed E-state index contributed by atoms with van der Waals surface area (Å²) in [5, 5.41) is 20.3. The van der Waals surface area contributed by atoms with E-state index >= 15 is 0 Å². The van der Waals surface area contributed by atoms with Gasteiger partial charge in [0, 0.05) is 26.1 Å². The number of hydrogen-bond donors (Lipinski definition) is 2. The molecule has 2 N–H and O–H groups in total. The monoisotopic (exact) mass is 417 g/mol. The molecule has 1 amide bonds. The first kappa shape index (κ1) is 21.6. The molecule has 162 valence electrons. The van der Waals surface area contributed by atoms with Crippen molar-refractivity contribution in [2.45, 2.75) is 32.7 Å². The van der Waals surface area contributed by atoms with Crippen LogP contribution in [0.15, 0.2) is 12.1 Å². The second kappa shape index (κ2) is 9.17. The van der Waals surface area contributed by atoms with Crippen molar-refractivity contribution in [3.8, 4) is 23.4 Å². The van der Waals surface area contributed by atoms with Crippen LogP contribution in [0.1, 0.15) is 46.9 Å². The third-order valence-corrected chi connectivity index (χ3v) is 5.00. The summed E-state index contributed by atoms with van der Waals surface area (Å²) in [6, 6.07) is 2.97. The summed E-state index contributed by atoms with van der Waals surface area (Å²) in [6.45, 7) is 5.22. The van der Waals surface area contributed by atoms with E-state index in [0.717, 1.165) is 5.69 Å². The molecule has 0 radical (unpaired) electrons. The van der Waals surface area contributed by atoms with Crippen LogP contribution in [0, 0.1) is 0 Å². The van der Waals surface area contributed by atoms with E-state index in [1.807, 2.05) is 13.8 Å². The molecule has 0 fully saturated rings. The maximum Gasteiger partial charge on any atom is 0.320 e. The number of phenolic OH excluding ortho intramolecular Hbond substituents is 2. The van der Waals surface area contributed by atoms with Gasteiger partial charge in [0.05, 0.1) is 37.1 Å². The lowest BCUT2D eigenvalue weighted by Gasteiger charge is -2.29. The standard InChI is InChI=1S/C21H27N3O6/c1-12(2)13-9-14(18(26)10-17(13)25)20(27)24-6-5-16-15(11-24)19(29-4)23-21(22-16)30-8-7-28-3/h9-10,12,25-26H,5-8,11H2,1-4H3. The molecule has 0 bridgehead atoms. The first-order valence-corrected chi connectivity index (χ1v) is 9.76. The second-order valence-electron chi connectivity index (χ2n) is 7.34. The van der Waals surface area contributed by atoms with Crippen LogP contribution in [0.25, 0.3) is 0 Å². The highest BCUT2D eigenvalue weighted by Crippen LogP contribution is 2.34. The molecule has 0 unspecified atom stereocenters. The van der Waals surface area contributed by atoms with E-state index in [9.17, 15) is 15.0 Å². The summed E-state index contributed by atoms with van der Waals surface area (Å²) in [7, 11) is 3.09. The Hall–Kier alpha value is -3.07. The van der Waals surface area contributed by atoms with Gasteiger partial charge >= 0.3 is 6.01 Å². The number of carbonyl (C=O) groups is 1. The number of fused-ring (bicyclic) bond motifs is 1. The fraction of sp³-hybridized carbons (Fsp3) is 0.476. The molecule has 1 aromatic carbocycles. The summed E-state index contributed by atoms with van der Waals surface area (Å²) in [6.07, 6.45) is 0.497. The maximum atomic E-state index is 13.1. The van der Waals surface area contributed by atoms with E-state index in [4.69, 9.17) is 14.2 Å². The second-order valence-corrected chi connectivity index (χ2v) is 7.34. The fourth-order valence-corrected chi connectivity index (χ4v) is 3.38. The number of carbonyl (C=O) groups excluding carboxylic acids is 1. The zero-order valence-corrected chi connectivity index (χ0v) is 17.6. The van der Waals surface area contributed by atoms with Crippen molar-refractivity contribution in [2.75, 3.05) is 34.0 Å². The molecule has 2 aromatic rings. The molecule has 9 heteroatoms. The van der Waals surface area contributed by atoms with E-state index in [0.29, 0.717) is 43.2 Å². The van der Waals surface area contributed by atoms with Crippen molar-refractivity contribution >= 4 is 5.91 Å². The van der Waals surface area contributed by atoms with Gasteiger partial charge in [-0.05, 0) is 17.5 Å². The molecule has 1 aliphatic heterocycles. The number of benzene rings is 1. The topological polar surface area (TPSA) is 114 Å². The Labute approximate surface area is 175 Å². The molecule has 30 heavy (non-hydrogen) atoms. The van der Waals surface area contributed by atoms with Gasteiger partial charge in [0.1, 0.15) is 18.1 Å². The van der Waals surface area contributed by atoms with Crippen LogP contribution in [-0.2, 0) is 17.7 Å². The average molecular weight is 417 g/mol. The number of hydrogen-bond acceptors (Lipinski definition) is 8. The number of aromatic hydroxyl groups is 2. The Kier molecular flexibility index (Phi) is 6.61. The van der Waals surface area contributed by atoms with Gasteiger partial charge in [-0.25, -0.2) is 0 Å². The molecule has 0 aliphatic carbocycles. The van der Waals surface area contributed by atoms with Crippen LogP contribution in [0.4, 0.5) is 0 Å². The summed E-state index contributed by atoms with van der Waals surface area (Å²) in [5.74, 6) is -0.258. The largest absolute Gasteiger partial charge is 0.508 e. The lowest BCUT2D eigenvalue weighted by Crippen LogP contribution is -2.37. The van der Waals surface area contributed by atoms with Crippen molar-refractivity contribution in [3.63, 3.8) is 0 Å². The van der Waals surface area contributed by atoms with E-state index in [1.165, 1.54) is 13.2 Å². The normalized spacial score (nSPS) is 13.3. The average Bonchev–Trinajstić information content (AvgIpc) is 2.72. The smallest absolute Gasteiger partial charge is 0.320 e. The van der Waals surface area contributed by atoms with E-state index < -0.39 is 0 Å². The minimum absolute atomic E-state index is 0.00394. The Bertz CT molecular complexity index is 914. The zero-order chi connectivity index (χ0) is 21.8. The number of nitrogens with zero attached hydrogens (tertiary/aromatic N) is 3. The Morgan fingerprint density at radius 1 is 1.17 bits per heavy atom. The molecule has 0 spiro atoms. The van der Waals surface area contributed by atoms with E-state index in [-0.39, 0.29) is 41.4 Å². The Morgan fingerprint density at radius 3 is 2.60 bits per heavy atom. The van der Waals surface area contributed by atoms with Gasteiger partial charge in [-0.1, -0.05) is 13.8 Å². The van der Waals surface area contributed by atoms with E-state index in [1.54, 1.807) is 18.1 Å². The van der Waals surface area contributed by atoms with Crippen molar-refractivity contribution < 1.29 is 29.2 Å². The van der Waals surface area contributed by atoms with Crippen LogP contribution in [-0.4, -0.2) is 65.0 Å². The van der Waals surface area contributed by atoms with Crippen LogP contribution in [0.5, 0.6) is 23.4 Å². The molecular weight excluding hydrogens is 390 g/mol. The van der Waals surface area contributed by atoms with Crippen LogP contribution in [0.2, 0.25) is 0 Å². The van der Waals surface area contributed by atoms with Crippen LogP contribution < -0.4 is 9.47 Å². The molecule has 2 heterocycles. The molecule has 3 rings (SSSR count). The maximum absolute atomic E-state index is 13.1. The van der Waals surface area contributed by atoms with E-state index in [2.05, 4.69) is 9.97 Å². The predicted octanol–water partition coefficient (Wildman–Crippen LogP) is 2.24. The number of ether oxygens (including phenoxy) is 3. The fourth-order valence-electron chi connectivity index (χ4n) is 3.38. The molecular formula is C21H27N3O6. The van der Waals surface area contributed by atoms with Gasteiger partial charge in [0.15, 0.2) is 0 Å². The van der Waals surface area contributed by atoms with Gasteiger partial charge < -0.3 is 29.3 Å². The van der Waals surface area contributed by atoms with Crippen molar-refractivity contribution in [1.29, 1.82) is 0 Å². The number of methoxy groups -OCH3 is 2. The molecule has 0 saturated heterocycles. The quantitative estimate of drug-likeness (QED) is 0.660. The van der Waals surface area contributed by atoms with Crippen molar-refractivity contribution in [1.82, 2.24) is 14.9 Å². The highest BCUT2D eigenvalue weighted by atomic mass is 16.5. The number of phenols is 2. The summed E-state index contributed by atoms with van der Waals surface area (Å²) in [5.41, 5.74) is 2.22. The summed E-state index contributed by atoms with van der Waals surface area (Å²) < 4.78 is 15.9. The lowest BCUT2D eigenvalue weighted by molar-refractivity contribution is 0.0727. The summed E-state index contributed by atoms with van der Waals surface area (Å²) >= 11 is 0. The van der Waals surface area contributed by atoms with Crippen molar-refractivity contribution in [2.24, 2.45) is 0 Å². The molecule has 0 atom stereocenters. The highest BCUT2D eigenvalue weighted by molar-refractivity contribution is 5.97. The zero-order valence-electron chi connectivity index (χ0n) is 17.6. The number of aromatic nitrogens is 2. The third-order valence-electron chi connectivity index (χ3n) is 5.00. The minimum atomic E-state index is -0.331. The highest BCUT2D eigenvalue weighted by Gasteiger charge is 2.29. The summed E-state index contributed by atoms with van der Waals surface area (Å²) in [4.78, 5) is 23.4. The number of rotatable bonds is 7. The van der Waals surface area contributed by atoms with Gasteiger partial charge in [-0.2, -0.15) is 9.97 Å². The molecule has 1 aliphatic rings. The minimum Gasteiger partial charge on any atom is -0.508 e. The lowest BCUT2D eigenvalue weighted by atomic mass is 9.97. The third kappa shape index (κ3) is 4.40. The van der Waals surface area contributed by atoms with Crippen molar-refractivity contribution in [3.05, 3.63) is 34.5 Å².